The van der Waals surface area contributed by atoms with E-state index in [0.29, 0.717) is 13.1 Å². The number of rotatable bonds is 4. The fourth-order valence-corrected chi connectivity index (χ4v) is 5.28. The van der Waals surface area contributed by atoms with Gasteiger partial charge in [0.15, 0.2) is 5.13 Å². The van der Waals surface area contributed by atoms with Crippen molar-refractivity contribution in [1.29, 1.82) is 0 Å². The lowest BCUT2D eigenvalue weighted by Gasteiger charge is -2.32. The summed E-state index contributed by atoms with van der Waals surface area (Å²) in [5.74, 6) is -0.286. The number of piperidine rings is 1. The van der Waals surface area contributed by atoms with Crippen LogP contribution >= 0.6 is 11.3 Å². The normalized spacial score (nSPS) is 18.8. The van der Waals surface area contributed by atoms with Gasteiger partial charge in [-0.05, 0) is 43.2 Å². The lowest BCUT2D eigenvalue weighted by atomic mass is 9.97. The number of fused-ring (bicyclic) bond motifs is 1. The zero-order valence-corrected chi connectivity index (χ0v) is 19.1. The number of morpholine rings is 1. The van der Waals surface area contributed by atoms with Gasteiger partial charge in [0, 0.05) is 37.6 Å². The maximum absolute atomic E-state index is 13.0. The summed E-state index contributed by atoms with van der Waals surface area (Å²) in [5, 5.41) is 6.95. The number of nitrogens with zero attached hydrogens (tertiary/aromatic N) is 3. The number of benzene rings is 2. The predicted octanol–water partition coefficient (Wildman–Crippen LogP) is 4.02. The molecule has 5 rings (SSSR count). The average molecular weight is 466 g/mol. The van der Waals surface area contributed by atoms with Gasteiger partial charge in [-0.25, -0.2) is 9.78 Å². The van der Waals surface area contributed by atoms with E-state index < -0.39 is 0 Å². The van der Waals surface area contributed by atoms with Gasteiger partial charge >= 0.3 is 6.03 Å². The van der Waals surface area contributed by atoms with Gasteiger partial charge in [0.05, 0.1) is 29.3 Å². The first-order valence-corrected chi connectivity index (χ1v) is 12.1. The van der Waals surface area contributed by atoms with E-state index in [1.807, 2.05) is 48.5 Å². The first-order valence-electron chi connectivity index (χ1n) is 11.3. The highest BCUT2D eigenvalue weighted by Gasteiger charge is 2.28. The Kier molecular flexibility index (Phi) is 6.41. The molecule has 2 aliphatic rings. The van der Waals surface area contributed by atoms with Gasteiger partial charge in [-0.3, -0.25) is 4.79 Å². The van der Waals surface area contributed by atoms with E-state index in [0.717, 1.165) is 65.9 Å². The average Bonchev–Trinajstić information content (AvgIpc) is 3.29. The maximum atomic E-state index is 13.0. The summed E-state index contributed by atoms with van der Waals surface area (Å²) in [7, 11) is 0. The molecule has 0 unspecified atom stereocenters. The minimum absolute atomic E-state index is 0.0514. The van der Waals surface area contributed by atoms with Crippen molar-refractivity contribution in [2.24, 2.45) is 5.92 Å². The largest absolute Gasteiger partial charge is 0.378 e. The van der Waals surface area contributed by atoms with Gasteiger partial charge < -0.3 is 25.2 Å². The summed E-state index contributed by atoms with van der Waals surface area (Å²) in [6.07, 6.45) is 1.57. The van der Waals surface area contributed by atoms with Gasteiger partial charge in [-0.1, -0.05) is 29.5 Å². The summed E-state index contributed by atoms with van der Waals surface area (Å²) in [6, 6.07) is 15.0. The van der Waals surface area contributed by atoms with E-state index in [-0.39, 0.29) is 17.9 Å². The van der Waals surface area contributed by atoms with E-state index in [1.54, 1.807) is 16.2 Å². The van der Waals surface area contributed by atoms with E-state index in [1.165, 1.54) is 0 Å². The van der Waals surface area contributed by atoms with Crippen LogP contribution in [-0.2, 0) is 9.53 Å². The van der Waals surface area contributed by atoms with Crippen molar-refractivity contribution in [3.05, 3.63) is 48.5 Å². The van der Waals surface area contributed by atoms with Crippen molar-refractivity contribution in [2.45, 2.75) is 12.8 Å². The number of likely N-dealkylation sites (tertiary alicyclic amines) is 1. The number of hydrogen-bond acceptors (Lipinski definition) is 6. The van der Waals surface area contributed by atoms with Gasteiger partial charge in [-0.2, -0.15) is 0 Å². The van der Waals surface area contributed by atoms with Crippen LogP contribution in [0.4, 0.5) is 21.3 Å². The van der Waals surface area contributed by atoms with Crippen molar-refractivity contribution in [3.8, 4) is 0 Å². The minimum Gasteiger partial charge on any atom is -0.378 e. The smallest absolute Gasteiger partial charge is 0.321 e. The van der Waals surface area contributed by atoms with Gasteiger partial charge in [0.1, 0.15) is 0 Å². The molecule has 2 aromatic carbocycles. The molecule has 2 aliphatic heterocycles. The molecule has 3 amide bonds. The summed E-state index contributed by atoms with van der Waals surface area (Å²) in [6.45, 7) is 4.20. The number of urea groups is 1. The molecule has 2 fully saturated rings. The number of amides is 3. The Morgan fingerprint density at radius 2 is 1.82 bits per heavy atom. The molecule has 2 N–H and O–H groups in total. The lowest BCUT2D eigenvalue weighted by Crippen LogP contribution is -2.45. The van der Waals surface area contributed by atoms with E-state index in [4.69, 9.17) is 9.72 Å². The number of hydrogen-bond donors (Lipinski definition) is 2. The minimum atomic E-state index is -0.235. The van der Waals surface area contributed by atoms with Crippen LogP contribution in [0.2, 0.25) is 0 Å². The van der Waals surface area contributed by atoms with Crippen LogP contribution in [0.15, 0.2) is 48.5 Å². The van der Waals surface area contributed by atoms with Crippen molar-refractivity contribution in [3.63, 3.8) is 0 Å². The number of carbonyl (C=O) groups excluding carboxylic acids is 2. The number of aromatic nitrogens is 1. The summed E-state index contributed by atoms with van der Waals surface area (Å²) < 4.78 is 6.47. The topological polar surface area (TPSA) is 86.8 Å². The number of nitrogens with one attached hydrogen (secondary N) is 2. The molecule has 0 bridgehead atoms. The highest BCUT2D eigenvalue weighted by molar-refractivity contribution is 7.22. The van der Waals surface area contributed by atoms with Crippen LogP contribution in [0, 0.1) is 5.92 Å². The van der Waals surface area contributed by atoms with Crippen molar-refractivity contribution >= 4 is 50.0 Å². The molecular weight excluding hydrogens is 438 g/mol. The Hall–Kier alpha value is -3.17. The Morgan fingerprint density at radius 1 is 1.00 bits per heavy atom. The molecule has 33 heavy (non-hydrogen) atoms. The lowest BCUT2D eigenvalue weighted by molar-refractivity contribution is -0.121. The fraction of sp³-hybridized carbons (Fsp3) is 0.375. The number of ether oxygens (including phenoxy) is 1. The molecule has 9 heteroatoms. The monoisotopic (exact) mass is 465 g/mol. The summed E-state index contributed by atoms with van der Waals surface area (Å²) in [4.78, 5) is 34.3. The Bertz CT molecular complexity index is 1130. The third-order valence-corrected chi connectivity index (χ3v) is 7.11. The Morgan fingerprint density at radius 3 is 2.64 bits per heavy atom. The second-order valence-corrected chi connectivity index (χ2v) is 9.36. The molecule has 2 saturated heterocycles. The molecule has 0 saturated carbocycles. The SMILES string of the molecule is O=C(Nc1ccc2nc(N3CCOCC3)sc2c1)[C@H]1CCCN(C(=O)Nc2ccccc2)C1. The maximum Gasteiger partial charge on any atom is 0.321 e. The molecule has 8 nitrogen and oxygen atoms in total. The first-order chi connectivity index (χ1) is 16.2. The van der Waals surface area contributed by atoms with Gasteiger partial charge in [-0.15, -0.1) is 0 Å². The quantitative estimate of drug-likeness (QED) is 0.608. The van der Waals surface area contributed by atoms with E-state index >= 15 is 0 Å². The molecule has 3 aromatic rings. The molecule has 3 heterocycles. The molecule has 1 atom stereocenters. The second-order valence-electron chi connectivity index (χ2n) is 8.35. The highest BCUT2D eigenvalue weighted by Crippen LogP contribution is 2.31. The van der Waals surface area contributed by atoms with Gasteiger partial charge in [0.2, 0.25) is 5.91 Å². The van der Waals surface area contributed by atoms with Crippen LogP contribution < -0.4 is 15.5 Å². The van der Waals surface area contributed by atoms with Crippen LogP contribution in [-0.4, -0.2) is 61.2 Å². The Balaban J connectivity index is 1.21. The zero-order chi connectivity index (χ0) is 22.6. The molecule has 1 aromatic heterocycles. The number of para-hydroxylation sites is 1. The predicted molar refractivity (Wildman–Crippen MR) is 131 cm³/mol. The molecule has 0 aliphatic carbocycles. The molecular formula is C24H27N5O3S. The Labute approximate surface area is 196 Å². The van der Waals surface area contributed by atoms with Crippen LogP contribution in [0.5, 0.6) is 0 Å². The third kappa shape index (κ3) is 5.09. The highest BCUT2D eigenvalue weighted by atomic mass is 32.1. The van der Waals surface area contributed by atoms with Gasteiger partial charge in [0.25, 0.3) is 0 Å². The summed E-state index contributed by atoms with van der Waals surface area (Å²) >= 11 is 1.63. The number of carbonyl (C=O) groups is 2. The number of anilines is 3. The van der Waals surface area contributed by atoms with Crippen molar-refractivity contribution in [2.75, 3.05) is 54.9 Å². The standard InChI is InChI=1S/C24H27N5O3S/c30-22(17-5-4-10-29(16-17)23(31)26-18-6-2-1-3-7-18)25-19-8-9-20-21(15-19)33-24(27-20)28-11-13-32-14-12-28/h1-3,6-9,15,17H,4-5,10-14,16H2,(H,25,30)(H,26,31)/t17-/m0/s1. The van der Waals surface area contributed by atoms with E-state index in [2.05, 4.69) is 15.5 Å². The van der Waals surface area contributed by atoms with E-state index in [9.17, 15) is 9.59 Å². The van der Waals surface area contributed by atoms with Crippen molar-refractivity contribution < 1.29 is 14.3 Å². The molecule has 172 valence electrons. The van der Waals surface area contributed by atoms with Crippen molar-refractivity contribution in [1.82, 2.24) is 9.88 Å². The second kappa shape index (κ2) is 9.76. The summed E-state index contributed by atoms with van der Waals surface area (Å²) in [5.41, 5.74) is 2.44. The fourth-order valence-electron chi connectivity index (χ4n) is 4.22. The van der Waals surface area contributed by atoms with Crippen LogP contribution in [0.25, 0.3) is 10.2 Å². The molecule has 0 radical (unpaired) electrons. The number of thiazole rings is 1. The zero-order valence-electron chi connectivity index (χ0n) is 18.3. The third-order valence-electron chi connectivity index (χ3n) is 6.03. The van der Waals surface area contributed by atoms with Crippen LogP contribution in [0.3, 0.4) is 0 Å². The molecule has 0 spiro atoms. The first kappa shape index (κ1) is 21.7. The van der Waals surface area contributed by atoms with Crippen LogP contribution in [0.1, 0.15) is 12.8 Å².